The molecule has 102 valence electrons. The first kappa shape index (κ1) is 14.7. The van der Waals surface area contributed by atoms with Gasteiger partial charge in [0, 0.05) is 31.8 Å². The predicted octanol–water partition coefficient (Wildman–Crippen LogP) is 0.279. The normalized spacial score (nSPS) is 20.7. The van der Waals surface area contributed by atoms with Gasteiger partial charge in [0.1, 0.15) is 6.04 Å². The summed E-state index contributed by atoms with van der Waals surface area (Å²) in [6, 6.07) is -0.397. The van der Waals surface area contributed by atoms with Crippen molar-refractivity contribution in [1.29, 1.82) is 0 Å². The first-order chi connectivity index (χ1) is 8.61. The number of carbonyl (C=O) groups is 2. The molecule has 1 rings (SSSR count). The van der Waals surface area contributed by atoms with E-state index in [1.165, 1.54) is 0 Å². The van der Waals surface area contributed by atoms with Gasteiger partial charge in [-0.05, 0) is 20.3 Å². The van der Waals surface area contributed by atoms with Gasteiger partial charge in [0.15, 0.2) is 0 Å². The van der Waals surface area contributed by atoms with E-state index in [9.17, 15) is 9.59 Å². The van der Waals surface area contributed by atoms with Crippen molar-refractivity contribution >= 4 is 11.8 Å². The Kier molecular flexibility index (Phi) is 5.85. The van der Waals surface area contributed by atoms with Crippen LogP contribution in [0, 0.1) is 0 Å². The van der Waals surface area contributed by atoms with Gasteiger partial charge in [0.25, 0.3) is 0 Å². The average molecular weight is 253 g/mol. The van der Waals surface area contributed by atoms with E-state index in [0.717, 1.165) is 13.0 Å². The average Bonchev–Trinajstić information content (AvgIpc) is 2.38. The Morgan fingerprint density at radius 2 is 2.17 bits per heavy atom. The molecule has 0 aromatic carbocycles. The van der Waals surface area contributed by atoms with Crippen molar-refractivity contribution in [3.05, 3.63) is 11.6 Å². The van der Waals surface area contributed by atoms with Gasteiger partial charge in [-0.15, -0.1) is 0 Å². The maximum Gasteiger partial charge on any atom is 0.249 e. The molecule has 1 unspecified atom stereocenters. The van der Waals surface area contributed by atoms with E-state index >= 15 is 0 Å². The fourth-order valence-electron chi connectivity index (χ4n) is 2.09. The van der Waals surface area contributed by atoms with E-state index in [-0.39, 0.29) is 11.8 Å². The van der Waals surface area contributed by atoms with Gasteiger partial charge in [-0.1, -0.05) is 13.0 Å². The minimum Gasteiger partial charge on any atom is -0.355 e. The summed E-state index contributed by atoms with van der Waals surface area (Å²) in [5.41, 5.74) is 0.716. The third-order valence-electron chi connectivity index (χ3n) is 3.01. The summed E-state index contributed by atoms with van der Waals surface area (Å²) in [7, 11) is 0. The van der Waals surface area contributed by atoms with Crippen molar-refractivity contribution in [2.45, 2.75) is 33.2 Å². The summed E-state index contributed by atoms with van der Waals surface area (Å²) >= 11 is 0. The zero-order valence-electron chi connectivity index (χ0n) is 11.5. The topological polar surface area (TPSA) is 61.4 Å². The van der Waals surface area contributed by atoms with Gasteiger partial charge >= 0.3 is 0 Å². The lowest BCUT2D eigenvalue weighted by molar-refractivity contribution is -0.138. The molecule has 0 saturated carbocycles. The monoisotopic (exact) mass is 253 g/mol. The van der Waals surface area contributed by atoms with E-state index < -0.39 is 6.04 Å². The summed E-state index contributed by atoms with van der Waals surface area (Å²) in [6.45, 7) is 8.11. The minimum atomic E-state index is -0.397. The highest BCUT2D eigenvalue weighted by Gasteiger charge is 2.31. The predicted molar refractivity (Wildman–Crippen MR) is 71.1 cm³/mol. The number of hydrogen-bond acceptors (Lipinski definition) is 3. The largest absolute Gasteiger partial charge is 0.355 e. The Morgan fingerprint density at radius 1 is 1.44 bits per heavy atom. The van der Waals surface area contributed by atoms with E-state index in [2.05, 4.69) is 10.6 Å². The Hall–Kier alpha value is -1.36. The van der Waals surface area contributed by atoms with Crippen LogP contribution in [0.3, 0.4) is 0 Å². The van der Waals surface area contributed by atoms with Crippen LogP contribution in [0.15, 0.2) is 11.6 Å². The molecule has 5 nitrogen and oxygen atoms in total. The number of likely N-dealkylation sites (N-methyl/N-ethyl adjacent to an activating group) is 1. The summed E-state index contributed by atoms with van der Waals surface area (Å²) in [4.78, 5) is 25.9. The molecular formula is C13H23N3O2. The van der Waals surface area contributed by atoms with Crippen LogP contribution in [0.4, 0.5) is 0 Å². The van der Waals surface area contributed by atoms with Crippen LogP contribution >= 0.6 is 0 Å². The molecule has 1 atom stereocenters. The number of rotatable bonds is 4. The molecule has 2 N–H and O–H groups in total. The zero-order valence-corrected chi connectivity index (χ0v) is 11.5. The molecule has 0 radical (unpaired) electrons. The van der Waals surface area contributed by atoms with Gasteiger partial charge in [0.05, 0.1) is 0 Å². The van der Waals surface area contributed by atoms with Crippen LogP contribution in [-0.2, 0) is 9.59 Å². The van der Waals surface area contributed by atoms with E-state index in [1.807, 2.05) is 26.8 Å². The molecule has 1 aliphatic rings. The Balaban J connectivity index is 2.79. The lowest BCUT2D eigenvalue weighted by Gasteiger charge is -2.35. The van der Waals surface area contributed by atoms with Gasteiger partial charge in [-0.2, -0.15) is 0 Å². The zero-order chi connectivity index (χ0) is 13.5. The molecule has 0 spiro atoms. The molecule has 1 heterocycles. The fraction of sp³-hybridized carbons (Fsp3) is 0.692. The van der Waals surface area contributed by atoms with E-state index in [4.69, 9.17) is 0 Å². The molecular weight excluding hydrogens is 230 g/mol. The first-order valence-corrected chi connectivity index (χ1v) is 6.58. The number of nitrogens with zero attached hydrogens (tertiary/aromatic N) is 1. The van der Waals surface area contributed by atoms with Crippen molar-refractivity contribution in [3.63, 3.8) is 0 Å². The van der Waals surface area contributed by atoms with Gasteiger partial charge in [-0.25, -0.2) is 0 Å². The van der Waals surface area contributed by atoms with Crippen LogP contribution in [0.25, 0.3) is 0 Å². The van der Waals surface area contributed by atoms with Crippen LogP contribution in [0.1, 0.15) is 27.2 Å². The Bertz CT molecular complexity index is 339. The molecule has 1 fully saturated rings. The summed E-state index contributed by atoms with van der Waals surface area (Å²) < 4.78 is 0. The van der Waals surface area contributed by atoms with Crippen molar-refractivity contribution in [3.8, 4) is 0 Å². The second-order valence-corrected chi connectivity index (χ2v) is 4.41. The SMILES string of the molecule is CCC=C(C)C(=O)N1CCNCC1C(=O)NCC. The van der Waals surface area contributed by atoms with Crippen molar-refractivity contribution in [1.82, 2.24) is 15.5 Å². The highest BCUT2D eigenvalue weighted by atomic mass is 16.2. The Morgan fingerprint density at radius 3 is 2.78 bits per heavy atom. The Labute approximate surface area is 109 Å². The fourth-order valence-corrected chi connectivity index (χ4v) is 2.09. The highest BCUT2D eigenvalue weighted by Crippen LogP contribution is 2.10. The van der Waals surface area contributed by atoms with Crippen LogP contribution < -0.4 is 10.6 Å². The molecule has 1 aliphatic heterocycles. The molecule has 0 bridgehead atoms. The molecule has 5 heteroatoms. The standard InChI is InChI=1S/C13H23N3O2/c1-4-6-10(3)13(18)16-8-7-14-9-11(16)12(17)15-5-2/h6,11,14H,4-5,7-9H2,1-3H3,(H,15,17). The maximum absolute atomic E-state index is 12.3. The van der Waals surface area contributed by atoms with Crippen molar-refractivity contribution in [2.24, 2.45) is 0 Å². The summed E-state index contributed by atoms with van der Waals surface area (Å²) in [6.07, 6.45) is 2.73. The molecule has 2 amide bonds. The number of amides is 2. The lowest BCUT2D eigenvalue weighted by Crippen LogP contribution is -2.59. The first-order valence-electron chi connectivity index (χ1n) is 6.58. The van der Waals surface area contributed by atoms with E-state index in [1.54, 1.807) is 4.90 Å². The molecule has 0 aliphatic carbocycles. The quantitative estimate of drug-likeness (QED) is 0.707. The van der Waals surface area contributed by atoms with Gasteiger partial charge < -0.3 is 15.5 Å². The number of hydrogen-bond donors (Lipinski definition) is 2. The van der Waals surface area contributed by atoms with E-state index in [0.29, 0.717) is 25.2 Å². The maximum atomic E-state index is 12.3. The second-order valence-electron chi connectivity index (χ2n) is 4.41. The summed E-state index contributed by atoms with van der Waals surface area (Å²) in [5.74, 6) is -0.114. The lowest BCUT2D eigenvalue weighted by atomic mass is 10.1. The van der Waals surface area contributed by atoms with Gasteiger partial charge in [0.2, 0.25) is 11.8 Å². The second kappa shape index (κ2) is 7.16. The third-order valence-corrected chi connectivity index (χ3v) is 3.01. The van der Waals surface area contributed by atoms with Crippen LogP contribution in [0.2, 0.25) is 0 Å². The number of allylic oxidation sites excluding steroid dienone is 1. The summed E-state index contributed by atoms with van der Waals surface area (Å²) in [5, 5.41) is 5.93. The number of carbonyl (C=O) groups excluding carboxylic acids is 2. The number of nitrogens with one attached hydrogen (secondary N) is 2. The highest BCUT2D eigenvalue weighted by molar-refractivity contribution is 5.96. The number of piperazine rings is 1. The smallest absolute Gasteiger partial charge is 0.249 e. The van der Waals surface area contributed by atoms with Gasteiger partial charge in [-0.3, -0.25) is 9.59 Å². The van der Waals surface area contributed by atoms with Crippen LogP contribution in [-0.4, -0.2) is 48.9 Å². The molecule has 0 aromatic rings. The van der Waals surface area contributed by atoms with Crippen molar-refractivity contribution in [2.75, 3.05) is 26.2 Å². The van der Waals surface area contributed by atoms with Crippen LogP contribution in [0.5, 0.6) is 0 Å². The minimum absolute atomic E-state index is 0.0328. The molecule has 18 heavy (non-hydrogen) atoms. The third kappa shape index (κ3) is 3.57. The molecule has 1 saturated heterocycles. The molecule has 0 aromatic heterocycles. The van der Waals surface area contributed by atoms with Crippen molar-refractivity contribution < 1.29 is 9.59 Å².